The van der Waals surface area contributed by atoms with E-state index in [1.165, 1.54) is 23.5 Å². The molecule has 0 unspecified atom stereocenters. The zero-order valence-corrected chi connectivity index (χ0v) is 16.4. The third kappa shape index (κ3) is 3.42. The monoisotopic (exact) mass is 412 g/mol. The zero-order valence-electron chi connectivity index (χ0n) is 14.8. The van der Waals surface area contributed by atoms with Crippen LogP contribution in [0.4, 0.5) is 0 Å². The Hall–Kier alpha value is -3.01. The molecule has 0 saturated carbocycles. The Balaban J connectivity index is 1.55. The number of thiazole rings is 1. The highest BCUT2D eigenvalue weighted by molar-refractivity contribution is 7.89. The first-order chi connectivity index (χ1) is 13.5. The van der Waals surface area contributed by atoms with Crippen LogP contribution in [0.15, 0.2) is 71.8 Å². The van der Waals surface area contributed by atoms with Gasteiger partial charge < -0.3 is 0 Å². The summed E-state index contributed by atoms with van der Waals surface area (Å²) < 4.78 is 26.3. The van der Waals surface area contributed by atoms with Crippen LogP contribution in [-0.4, -0.2) is 23.7 Å². The fraction of sp³-hybridized carbons (Fsp3) is 0.0526. The van der Waals surface area contributed by atoms with Crippen LogP contribution >= 0.6 is 11.3 Å². The number of carbonyl (C=O) groups excluding carboxylic acids is 1. The quantitative estimate of drug-likeness (QED) is 0.493. The number of hydrogen-bond donors (Lipinski definition) is 2. The SMILES string of the molecule is Cc1c(C(=O)NNS(=O)(=O)c2ccccc2)sc2nc(-c3ccccc3)cn12. The average Bonchev–Trinajstić information content (AvgIpc) is 3.27. The Labute approximate surface area is 165 Å². The van der Waals surface area contributed by atoms with Crippen molar-refractivity contribution in [2.24, 2.45) is 0 Å². The van der Waals surface area contributed by atoms with E-state index in [4.69, 9.17) is 0 Å². The van der Waals surface area contributed by atoms with Crippen molar-refractivity contribution in [3.63, 3.8) is 0 Å². The van der Waals surface area contributed by atoms with E-state index in [9.17, 15) is 13.2 Å². The summed E-state index contributed by atoms with van der Waals surface area (Å²) >= 11 is 1.20. The van der Waals surface area contributed by atoms with E-state index in [2.05, 4.69) is 15.2 Å². The number of benzene rings is 2. The molecule has 2 heterocycles. The molecule has 0 fully saturated rings. The van der Waals surface area contributed by atoms with E-state index in [0.29, 0.717) is 15.5 Å². The summed E-state index contributed by atoms with van der Waals surface area (Å²) in [5.74, 6) is -0.534. The lowest BCUT2D eigenvalue weighted by molar-refractivity contribution is 0.0948. The van der Waals surface area contributed by atoms with E-state index in [1.54, 1.807) is 25.1 Å². The molecule has 142 valence electrons. The second-order valence-electron chi connectivity index (χ2n) is 6.03. The predicted molar refractivity (Wildman–Crippen MR) is 107 cm³/mol. The minimum absolute atomic E-state index is 0.0699. The number of imidazole rings is 1. The van der Waals surface area contributed by atoms with E-state index in [-0.39, 0.29) is 4.90 Å². The van der Waals surface area contributed by atoms with Gasteiger partial charge in [-0.25, -0.2) is 13.4 Å². The lowest BCUT2D eigenvalue weighted by atomic mass is 10.2. The molecule has 1 amide bonds. The first kappa shape index (κ1) is 18.4. The first-order valence-corrected chi connectivity index (χ1v) is 10.7. The molecule has 4 aromatic rings. The Morgan fingerprint density at radius 2 is 1.68 bits per heavy atom. The number of hydrogen-bond acceptors (Lipinski definition) is 5. The van der Waals surface area contributed by atoms with Crippen LogP contribution < -0.4 is 10.3 Å². The average molecular weight is 412 g/mol. The number of carbonyl (C=O) groups is 1. The van der Waals surface area contributed by atoms with Crippen LogP contribution in [0.25, 0.3) is 16.2 Å². The molecule has 0 aliphatic rings. The van der Waals surface area contributed by atoms with Crippen LogP contribution in [0, 0.1) is 6.92 Å². The Morgan fingerprint density at radius 3 is 2.32 bits per heavy atom. The van der Waals surface area contributed by atoms with Gasteiger partial charge >= 0.3 is 0 Å². The van der Waals surface area contributed by atoms with E-state index >= 15 is 0 Å². The second-order valence-corrected chi connectivity index (χ2v) is 8.69. The topological polar surface area (TPSA) is 92.6 Å². The molecule has 0 radical (unpaired) electrons. The molecule has 28 heavy (non-hydrogen) atoms. The standard InChI is InChI=1S/C19H16N4O3S2/c1-13-17(18(24)21-22-28(25,26)15-10-6-3-7-11-15)27-19-20-16(12-23(13)19)14-8-4-2-5-9-14/h2-12,22H,1H3,(H,21,24). The van der Waals surface area contributed by atoms with Crippen molar-refractivity contribution in [1.82, 2.24) is 19.6 Å². The van der Waals surface area contributed by atoms with Crippen LogP contribution in [0.2, 0.25) is 0 Å². The van der Waals surface area contributed by atoms with E-state index in [0.717, 1.165) is 11.3 Å². The molecule has 2 aromatic heterocycles. The summed E-state index contributed by atoms with van der Waals surface area (Å²) in [6, 6.07) is 17.6. The van der Waals surface area contributed by atoms with Crippen LogP contribution in [-0.2, 0) is 10.0 Å². The minimum Gasteiger partial charge on any atom is -0.293 e. The summed E-state index contributed by atoms with van der Waals surface area (Å²) in [5.41, 5.74) is 4.75. The molecule has 0 spiro atoms. The van der Waals surface area contributed by atoms with Gasteiger partial charge in [0, 0.05) is 17.5 Å². The molecule has 2 N–H and O–H groups in total. The van der Waals surface area contributed by atoms with Gasteiger partial charge in [-0.05, 0) is 19.1 Å². The minimum atomic E-state index is -3.84. The zero-order chi connectivity index (χ0) is 19.7. The van der Waals surface area contributed by atoms with Gasteiger partial charge in [0.2, 0.25) is 0 Å². The van der Waals surface area contributed by atoms with Crippen molar-refractivity contribution in [1.29, 1.82) is 0 Å². The van der Waals surface area contributed by atoms with Crippen molar-refractivity contribution in [3.05, 3.63) is 77.4 Å². The van der Waals surface area contributed by atoms with E-state index < -0.39 is 15.9 Å². The summed E-state index contributed by atoms with van der Waals surface area (Å²) in [5, 5.41) is 0. The molecule has 4 rings (SSSR count). The highest BCUT2D eigenvalue weighted by atomic mass is 32.2. The second kappa shape index (κ2) is 7.19. The van der Waals surface area contributed by atoms with Crippen molar-refractivity contribution in [2.75, 3.05) is 0 Å². The molecule has 9 heteroatoms. The van der Waals surface area contributed by atoms with Gasteiger partial charge in [-0.1, -0.05) is 59.9 Å². The van der Waals surface area contributed by atoms with Crippen molar-refractivity contribution in [2.45, 2.75) is 11.8 Å². The molecule has 0 bridgehead atoms. The highest BCUT2D eigenvalue weighted by Crippen LogP contribution is 2.27. The van der Waals surface area contributed by atoms with Gasteiger partial charge in [-0.15, -0.1) is 4.83 Å². The highest BCUT2D eigenvalue weighted by Gasteiger charge is 2.20. The normalized spacial score (nSPS) is 11.6. The van der Waals surface area contributed by atoms with Crippen LogP contribution in [0.5, 0.6) is 0 Å². The Kier molecular flexibility index (Phi) is 4.71. The summed E-state index contributed by atoms with van der Waals surface area (Å²) in [4.78, 5) is 20.3. The van der Waals surface area contributed by atoms with Gasteiger partial charge in [0.25, 0.3) is 15.9 Å². The maximum Gasteiger partial charge on any atom is 0.278 e. The number of nitrogens with one attached hydrogen (secondary N) is 2. The first-order valence-electron chi connectivity index (χ1n) is 8.37. The Morgan fingerprint density at radius 1 is 1.04 bits per heavy atom. The summed E-state index contributed by atoms with van der Waals surface area (Å²) in [6.07, 6.45) is 1.86. The summed E-state index contributed by atoms with van der Waals surface area (Å²) in [7, 11) is -3.84. The molecule has 7 nitrogen and oxygen atoms in total. The number of sulfonamides is 1. The number of amides is 1. The number of aromatic nitrogens is 2. The lowest BCUT2D eigenvalue weighted by Crippen LogP contribution is -2.41. The predicted octanol–water partition coefficient (Wildman–Crippen LogP) is 2.99. The summed E-state index contributed by atoms with van der Waals surface area (Å²) in [6.45, 7) is 1.79. The smallest absolute Gasteiger partial charge is 0.278 e. The maximum atomic E-state index is 12.5. The molecule has 0 saturated heterocycles. The molecule has 0 atom stereocenters. The third-order valence-electron chi connectivity index (χ3n) is 4.19. The van der Waals surface area contributed by atoms with Gasteiger partial charge in [-0.2, -0.15) is 0 Å². The van der Waals surface area contributed by atoms with Crippen molar-refractivity contribution >= 4 is 32.2 Å². The molecule has 2 aromatic carbocycles. The van der Waals surface area contributed by atoms with Gasteiger partial charge in [0.05, 0.1) is 10.6 Å². The van der Waals surface area contributed by atoms with Gasteiger partial charge in [-0.3, -0.25) is 14.6 Å². The Bertz CT molecular complexity index is 1250. The number of rotatable bonds is 5. The molecule has 0 aliphatic carbocycles. The van der Waals surface area contributed by atoms with Crippen molar-refractivity contribution in [3.8, 4) is 11.3 Å². The van der Waals surface area contributed by atoms with Crippen molar-refractivity contribution < 1.29 is 13.2 Å². The van der Waals surface area contributed by atoms with Gasteiger partial charge in [0.1, 0.15) is 4.88 Å². The number of nitrogens with zero attached hydrogens (tertiary/aromatic N) is 2. The fourth-order valence-corrected chi connectivity index (χ4v) is 4.60. The molecule has 0 aliphatic heterocycles. The number of hydrazine groups is 1. The maximum absolute atomic E-state index is 12.5. The number of aryl methyl sites for hydroxylation is 1. The van der Waals surface area contributed by atoms with Crippen LogP contribution in [0.3, 0.4) is 0 Å². The van der Waals surface area contributed by atoms with Crippen LogP contribution in [0.1, 0.15) is 15.4 Å². The number of fused-ring (bicyclic) bond motifs is 1. The largest absolute Gasteiger partial charge is 0.293 e. The molecular weight excluding hydrogens is 396 g/mol. The third-order valence-corrected chi connectivity index (χ3v) is 6.60. The lowest BCUT2D eigenvalue weighted by Gasteiger charge is -2.07. The van der Waals surface area contributed by atoms with Gasteiger partial charge in [0.15, 0.2) is 4.96 Å². The fourth-order valence-electron chi connectivity index (χ4n) is 2.74. The van der Waals surface area contributed by atoms with E-state index in [1.807, 2.05) is 40.9 Å². The molecular formula is C19H16N4O3S2.